The van der Waals surface area contributed by atoms with E-state index >= 15 is 0 Å². The van der Waals surface area contributed by atoms with Gasteiger partial charge in [-0.15, -0.1) is 10.2 Å². The van der Waals surface area contributed by atoms with Crippen molar-refractivity contribution in [1.29, 1.82) is 0 Å². The van der Waals surface area contributed by atoms with Crippen molar-refractivity contribution in [2.75, 3.05) is 11.1 Å². The van der Waals surface area contributed by atoms with Gasteiger partial charge in [0.05, 0.1) is 17.0 Å². The Morgan fingerprint density at radius 2 is 1.81 bits per heavy atom. The van der Waals surface area contributed by atoms with Crippen LogP contribution in [-0.2, 0) is 11.0 Å². The number of hydrogen-bond donors (Lipinski definition) is 1. The van der Waals surface area contributed by atoms with Gasteiger partial charge < -0.3 is 5.32 Å². The summed E-state index contributed by atoms with van der Waals surface area (Å²) in [5.74, 6) is -0.292. The molecule has 2 aromatic heterocycles. The van der Waals surface area contributed by atoms with Gasteiger partial charge in [0, 0.05) is 23.6 Å². The van der Waals surface area contributed by atoms with E-state index in [1.54, 1.807) is 30.6 Å². The predicted molar refractivity (Wildman–Crippen MR) is 96.1 cm³/mol. The van der Waals surface area contributed by atoms with Gasteiger partial charge in [0.15, 0.2) is 0 Å². The number of aromatic nitrogens is 3. The van der Waals surface area contributed by atoms with Crippen LogP contribution in [0.1, 0.15) is 5.56 Å². The minimum atomic E-state index is -4.40. The van der Waals surface area contributed by atoms with Gasteiger partial charge in [-0.2, -0.15) is 13.2 Å². The van der Waals surface area contributed by atoms with E-state index in [0.29, 0.717) is 16.4 Å². The molecule has 138 valence electrons. The predicted octanol–water partition coefficient (Wildman–Crippen LogP) is 4.29. The van der Waals surface area contributed by atoms with Crippen LogP contribution in [0, 0.1) is 0 Å². The van der Waals surface area contributed by atoms with Crippen LogP contribution in [-0.4, -0.2) is 26.8 Å². The van der Waals surface area contributed by atoms with Crippen LogP contribution in [0.15, 0.2) is 66.0 Å². The number of anilines is 1. The third kappa shape index (κ3) is 5.27. The molecule has 0 radical (unpaired) electrons. The van der Waals surface area contributed by atoms with Gasteiger partial charge in [-0.1, -0.05) is 11.8 Å². The first-order valence-electron chi connectivity index (χ1n) is 7.76. The minimum absolute atomic E-state index is 0.0575. The number of amides is 1. The Balaban J connectivity index is 1.53. The number of pyridine rings is 1. The average Bonchev–Trinajstić information content (AvgIpc) is 2.67. The number of thioether (sulfide) groups is 1. The number of hydrogen-bond acceptors (Lipinski definition) is 5. The second-order valence-corrected chi connectivity index (χ2v) is 6.41. The van der Waals surface area contributed by atoms with E-state index in [4.69, 9.17) is 0 Å². The topological polar surface area (TPSA) is 67.8 Å². The summed E-state index contributed by atoms with van der Waals surface area (Å²) in [6, 6.07) is 11.5. The number of nitrogens with one attached hydrogen (secondary N) is 1. The maximum Gasteiger partial charge on any atom is 0.416 e. The fourth-order valence-corrected chi connectivity index (χ4v) is 2.76. The molecule has 0 atom stereocenters. The zero-order chi connectivity index (χ0) is 19.3. The molecular weight excluding hydrogens is 377 g/mol. The molecule has 0 unspecified atom stereocenters. The van der Waals surface area contributed by atoms with E-state index in [2.05, 4.69) is 20.5 Å². The summed E-state index contributed by atoms with van der Waals surface area (Å²) >= 11 is 1.18. The second kappa shape index (κ2) is 8.17. The lowest BCUT2D eigenvalue weighted by atomic mass is 10.2. The van der Waals surface area contributed by atoms with Gasteiger partial charge in [-0.3, -0.25) is 9.78 Å². The quantitative estimate of drug-likeness (QED) is 0.659. The van der Waals surface area contributed by atoms with Crippen molar-refractivity contribution in [3.8, 4) is 11.3 Å². The van der Waals surface area contributed by atoms with E-state index in [-0.39, 0.29) is 11.7 Å². The fraction of sp³-hybridized carbons (Fsp3) is 0.111. The van der Waals surface area contributed by atoms with Crippen LogP contribution in [0.25, 0.3) is 11.3 Å². The molecule has 0 spiro atoms. The molecule has 0 aliphatic heterocycles. The van der Waals surface area contributed by atoms with Crippen LogP contribution >= 0.6 is 11.8 Å². The van der Waals surface area contributed by atoms with Crippen LogP contribution in [0.3, 0.4) is 0 Å². The maximum absolute atomic E-state index is 12.5. The molecule has 0 saturated carbocycles. The third-order valence-corrected chi connectivity index (χ3v) is 4.36. The Kier molecular flexibility index (Phi) is 5.70. The Morgan fingerprint density at radius 3 is 2.41 bits per heavy atom. The molecule has 1 N–H and O–H groups in total. The normalized spacial score (nSPS) is 11.2. The number of halogens is 3. The van der Waals surface area contributed by atoms with Gasteiger partial charge in [-0.25, -0.2) is 0 Å². The first-order chi connectivity index (χ1) is 12.9. The average molecular weight is 390 g/mol. The van der Waals surface area contributed by atoms with Gasteiger partial charge in [-0.05, 0) is 48.5 Å². The Hall–Kier alpha value is -2.94. The van der Waals surface area contributed by atoms with Crippen molar-refractivity contribution in [2.45, 2.75) is 11.2 Å². The van der Waals surface area contributed by atoms with Crippen molar-refractivity contribution >= 4 is 23.4 Å². The number of benzene rings is 1. The maximum atomic E-state index is 12.5. The molecular formula is C18H13F3N4OS. The lowest BCUT2D eigenvalue weighted by Crippen LogP contribution is -2.14. The molecule has 27 heavy (non-hydrogen) atoms. The molecule has 0 bridgehead atoms. The molecule has 1 aromatic carbocycles. The van der Waals surface area contributed by atoms with E-state index in [1.807, 2.05) is 6.07 Å². The zero-order valence-electron chi connectivity index (χ0n) is 13.8. The first kappa shape index (κ1) is 18.8. The SMILES string of the molecule is O=C(CSc1ccc(-c2cccnc2)nn1)Nc1ccc(C(F)(F)F)cc1. The smallest absolute Gasteiger partial charge is 0.325 e. The van der Waals surface area contributed by atoms with Crippen molar-refractivity contribution in [3.63, 3.8) is 0 Å². The lowest BCUT2D eigenvalue weighted by Gasteiger charge is -2.08. The van der Waals surface area contributed by atoms with Crippen LogP contribution < -0.4 is 5.32 Å². The summed E-state index contributed by atoms with van der Waals surface area (Å²) in [5, 5.41) is 11.3. The summed E-state index contributed by atoms with van der Waals surface area (Å²) in [6.45, 7) is 0. The monoisotopic (exact) mass is 390 g/mol. The van der Waals surface area contributed by atoms with E-state index in [9.17, 15) is 18.0 Å². The summed E-state index contributed by atoms with van der Waals surface area (Å²) in [4.78, 5) is 16.0. The minimum Gasteiger partial charge on any atom is -0.325 e. The van der Waals surface area contributed by atoms with Crippen molar-refractivity contribution in [3.05, 3.63) is 66.5 Å². The number of alkyl halides is 3. The molecule has 3 aromatic rings. The largest absolute Gasteiger partial charge is 0.416 e. The standard InChI is InChI=1S/C18H13F3N4OS/c19-18(20,21)13-3-5-14(6-4-13)23-16(26)11-27-17-8-7-15(24-25-17)12-2-1-9-22-10-12/h1-10H,11H2,(H,23,26). The van der Waals surface area contributed by atoms with E-state index in [0.717, 1.165) is 17.7 Å². The Bertz CT molecular complexity index is 901. The van der Waals surface area contributed by atoms with Gasteiger partial charge in [0.25, 0.3) is 0 Å². The zero-order valence-corrected chi connectivity index (χ0v) is 14.6. The van der Waals surface area contributed by atoms with Gasteiger partial charge >= 0.3 is 6.18 Å². The Labute approximate surface area is 157 Å². The fourth-order valence-electron chi connectivity index (χ4n) is 2.14. The number of carbonyl (C=O) groups is 1. The number of rotatable bonds is 5. The van der Waals surface area contributed by atoms with Crippen molar-refractivity contribution in [1.82, 2.24) is 15.2 Å². The molecule has 9 heteroatoms. The summed E-state index contributed by atoms with van der Waals surface area (Å²) in [7, 11) is 0. The lowest BCUT2D eigenvalue weighted by molar-refractivity contribution is -0.137. The first-order valence-corrected chi connectivity index (χ1v) is 8.74. The van der Waals surface area contributed by atoms with Gasteiger partial charge in [0.2, 0.25) is 5.91 Å². The highest BCUT2D eigenvalue weighted by Crippen LogP contribution is 2.29. The highest BCUT2D eigenvalue weighted by Gasteiger charge is 2.29. The summed E-state index contributed by atoms with van der Waals surface area (Å²) in [5.41, 5.74) is 1.04. The highest BCUT2D eigenvalue weighted by molar-refractivity contribution is 7.99. The van der Waals surface area contributed by atoms with Crippen LogP contribution in [0.4, 0.5) is 18.9 Å². The molecule has 5 nitrogen and oxygen atoms in total. The van der Waals surface area contributed by atoms with E-state index < -0.39 is 11.7 Å². The van der Waals surface area contributed by atoms with Crippen LogP contribution in [0.5, 0.6) is 0 Å². The molecule has 0 aliphatic rings. The number of carbonyl (C=O) groups excluding carboxylic acids is 1. The summed E-state index contributed by atoms with van der Waals surface area (Å²) < 4.78 is 37.6. The molecule has 2 heterocycles. The molecule has 0 fully saturated rings. The highest BCUT2D eigenvalue weighted by atomic mass is 32.2. The molecule has 0 saturated heterocycles. The molecule has 1 amide bonds. The summed E-state index contributed by atoms with van der Waals surface area (Å²) in [6.07, 6.45) is -1.07. The molecule has 3 rings (SSSR count). The van der Waals surface area contributed by atoms with Crippen molar-refractivity contribution < 1.29 is 18.0 Å². The Morgan fingerprint density at radius 1 is 1.04 bits per heavy atom. The second-order valence-electron chi connectivity index (χ2n) is 5.41. The van der Waals surface area contributed by atoms with Crippen molar-refractivity contribution in [2.24, 2.45) is 0 Å². The van der Waals surface area contributed by atoms with Gasteiger partial charge in [0.1, 0.15) is 5.03 Å². The van der Waals surface area contributed by atoms with E-state index in [1.165, 1.54) is 23.9 Å². The van der Waals surface area contributed by atoms with Crippen LogP contribution in [0.2, 0.25) is 0 Å². The third-order valence-electron chi connectivity index (χ3n) is 3.44. The molecule has 0 aliphatic carbocycles. The number of nitrogens with zero attached hydrogens (tertiary/aromatic N) is 3.